The molecule has 1 aromatic rings. The minimum Gasteiger partial charge on any atom is -0.481 e. The summed E-state index contributed by atoms with van der Waals surface area (Å²) in [4.78, 5) is 37.4. The highest BCUT2D eigenvalue weighted by atomic mass is 16.5. The first-order chi connectivity index (χ1) is 14.0. The van der Waals surface area contributed by atoms with Gasteiger partial charge in [0, 0.05) is 17.9 Å². The third-order valence-corrected chi connectivity index (χ3v) is 7.62. The Labute approximate surface area is 175 Å². The fourth-order valence-corrected chi connectivity index (χ4v) is 6.11. The van der Waals surface area contributed by atoms with E-state index < -0.39 is 58.5 Å². The summed E-state index contributed by atoms with van der Waals surface area (Å²) in [6.45, 7) is 3.65. The molecule has 0 amide bonds. The van der Waals surface area contributed by atoms with Crippen LogP contribution in [0, 0.1) is 28.6 Å². The Morgan fingerprint density at radius 1 is 1.37 bits per heavy atom. The summed E-state index contributed by atoms with van der Waals surface area (Å²) in [5.74, 6) is -3.74. The quantitative estimate of drug-likeness (QED) is 0.595. The molecule has 0 saturated heterocycles. The van der Waals surface area contributed by atoms with Crippen LogP contribution in [0.3, 0.4) is 0 Å². The van der Waals surface area contributed by atoms with Gasteiger partial charge in [0.2, 0.25) is 0 Å². The molecule has 0 aromatic carbocycles. The molecule has 0 spiro atoms. The number of aliphatic carboxylic acids is 1. The van der Waals surface area contributed by atoms with Crippen molar-refractivity contribution < 1.29 is 38.9 Å². The van der Waals surface area contributed by atoms with E-state index in [0.717, 1.165) is 0 Å². The standard InChI is InChI=1S/C22H30O8/c1-21-6-4-13(8-17(25)26)22(2,10-16(24)12-5-7-30-11-12)19(21)18(27)15(23)9-14(21)20(28)29-3/h5,7,11,13-16,19,23-24H,4,6,8-10H2,1-3H3,(H,25,26)/t13-,14+,15+,16?,19+,21+,22-/m1/s1. The number of carbonyl (C=O) groups excluding carboxylic acids is 2. The van der Waals surface area contributed by atoms with E-state index in [4.69, 9.17) is 9.15 Å². The van der Waals surface area contributed by atoms with Crippen LogP contribution in [0.5, 0.6) is 0 Å². The molecule has 166 valence electrons. The fraction of sp³-hybridized carbons (Fsp3) is 0.682. The van der Waals surface area contributed by atoms with Gasteiger partial charge in [-0.1, -0.05) is 13.8 Å². The van der Waals surface area contributed by atoms with Crippen molar-refractivity contribution in [2.24, 2.45) is 28.6 Å². The van der Waals surface area contributed by atoms with Crippen LogP contribution in [-0.4, -0.2) is 46.3 Å². The zero-order valence-electron chi connectivity index (χ0n) is 17.5. The van der Waals surface area contributed by atoms with Crippen molar-refractivity contribution in [3.8, 4) is 0 Å². The van der Waals surface area contributed by atoms with Crippen LogP contribution in [0.2, 0.25) is 0 Å². The SMILES string of the molecule is COC(=O)[C@@H]1C[C@H](O)C(=O)[C@@H]2[C@](C)(CC(O)c3ccoc3)[C@@H](CC(=O)O)CC[C@]21C. The van der Waals surface area contributed by atoms with E-state index in [1.165, 1.54) is 19.6 Å². The molecule has 2 saturated carbocycles. The van der Waals surface area contributed by atoms with Crippen LogP contribution in [-0.2, 0) is 19.1 Å². The normalized spacial score (nSPS) is 37.3. The number of aliphatic hydroxyl groups excluding tert-OH is 2. The molecule has 3 N–H and O–H groups in total. The molecule has 30 heavy (non-hydrogen) atoms. The monoisotopic (exact) mass is 422 g/mol. The van der Waals surface area contributed by atoms with Gasteiger partial charge in [-0.2, -0.15) is 0 Å². The summed E-state index contributed by atoms with van der Waals surface area (Å²) in [6, 6.07) is 1.62. The number of aliphatic hydroxyl groups is 2. The van der Waals surface area contributed by atoms with Crippen molar-refractivity contribution >= 4 is 17.7 Å². The van der Waals surface area contributed by atoms with Crippen LogP contribution in [0.4, 0.5) is 0 Å². The van der Waals surface area contributed by atoms with Gasteiger partial charge < -0.3 is 24.5 Å². The molecule has 2 aliphatic rings. The molecule has 7 atom stereocenters. The average Bonchev–Trinajstić information content (AvgIpc) is 3.21. The van der Waals surface area contributed by atoms with E-state index in [1.54, 1.807) is 13.0 Å². The molecule has 0 aliphatic heterocycles. The number of methoxy groups -OCH3 is 1. The number of esters is 1. The van der Waals surface area contributed by atoms with Gasteiger partial charge >= 0.3 is 11.9 Å². The Bertz CT molecular complexity index is 802. The molecule has 2 aliphatic carbocycles. The lowest BCUT2D eigenvalue weighted by Gasteiger charge is -2.60. The predicted octanol–water partition coefficient (Wildman–Crippen LogP) is 2.34. The maximum Gasteiger partial charge on any atom is 0.309 e. The smallest absolute Gasteiger partial charge is 0.309 e. The highest BCUT2D eigenvalue weighted by Crippen LogP contribution is 2.63. The topological polar surface area (TPSA) is 134 Å². The summed E-state index contributed by atoms with van der Waals surface area (Å²) >= 11 is 0. The van der Waals surface area contributed by atoms with Gasteiger partial charge in [-0.25, -0.2) is 0 Å². The Balaban J connectivity index is 2.08. The number of ketones is 1. The molecular formula is C22H30O8. The van der Waals surface area contributed by atoms with Crippen LogP contribution in [0.1, 0.15) is 57.6 Å². The maximum atomic E-state index is 13.3. The first-order valence-corrected chi connectivity index (χ1v) is 10.3. The fourth-order valence-electron chi connectivity index (χ4n) is 6.11. The number of hydrogen-bond donors (Lipinski definition) is 3. The van der Waals surface area contributed by atoms with E-state index in [0.29, 0.717) is 18.4 Å². The van der Waals surface area contributed by atoms with Crippen molar-refractivity contribution in [2.45, 2.75) is 58.2 Å². The van der Waals surface area contributed by atoms with Gasteiger partial charge in [0.05, 0.1) is 31.7 Å². The molecule has 3 rings (SSSR count). The molecule has 2 fully saturated rings. The largest absolute Gasteiger partial charge is 0.481 e. The van der Waals surface area contributed by atoms with Gasteiger partial charge in [-0.05, 0) is 48.5 Å². The molecule has 0 bridgehead atoms. The Morgan fingerprint density at radius 2 is 2.07 bits per heavy atom. The summed E-state index contributed by atoms with van der Waals surface area (Å²) in [7, 11) is 1.28. The predicted molar refractivity (Wildman–Crippen MR) is 104 cm³/mol. The zero-order valence-corrected chi connectivity index (χ0v) is 17.5. The van der Waals surface area contributed by atoms with E-state index >= 15 is 0 Å². The minimum absolute atomic E-state index is 0.0114. The number of hydrogen-bond acceptors (Lipinski definition) is 7. The highest BCUT2D eigenvalue weighted by molar-refractivity contribution is 5.90. The number of ether oxygens (including phenoxy) is 1. The lowest BCUT2D eigenvalue weighted by Crippen LogP contribution is -2.62. The number of furan rings is 1. The second-order valence-electron chi connectivity index (χ2n) is 9.28. The third kappa shape index (κ3) is 3.67. The van der Waals surface area contributed by atoms with Crippen molar-refractivity contribution in [1.29, 1.82) is 0 Å². The van der Waals surface area contributed by atoms with E-state index in [9.17, 15) is 29.7 Å². The van der Waals surface area contributed by atoms with Crippen LogP contribution >= 0.6 is 0 Å². The molecule has 8 heteroatoms. The number of Topliss-reactive ketones (excluding diaryl/α,β-unsaturated/α-hetero) is 1. The van der Waals surface area contributed by atoms with Crippen LogP contribution < -0.4 is 0 Å². The number of carboxylic acids is 1. The maximum absolute atomic E-state index is 13.3. The second kappa shape index (κ2) is 8.15. The molecule has 1 aromatic heterocycles. The molecular weight excluding hydrogens is 392 g/mol. The first-order valence-electron chi connectivity index (χ1n) is 10.3. The van der Waals surface area contributed by atoms with Gasteiger partial charge in [-0.15, -0.1) is 0 Å². The Kier molecular flexibility index (Phi) is 6.11. The van der Waals surface area contributed by atoms with E-state index in [-0.39, 0.29) is 19.3 Å². The lowest BCUT2D eigenvalue weighted by molar-refractivity contribution is -0.187. The zero-order chi connectivity index (χ0) is 22.3. The van der Waals surface area contributed by atoms with Crippen molar-refractivity contribution in [3.05, 3.63) is 24.2 Å². The van der Waals surface area contributed by atoms with Gasteiger partial charge in [0.15, 0.2) is 5.78 Å². The van der Waals surface area contributed by atoms with Crippen molar-refractivity contribution in [1.82, 2.24) is 0 Å². The lowest BCUT2D eigenvalue weighted by atomic mass is 9.43. The van der Waals surface area contributed by atoms with Gasteiger partial charge in [0.25, 0.3) is 0 Å². The number of fused-ring (bicyclic) bond motifs is 1. The first kappa shape index (κ1) is 22.5. The molecule has 8 nitrogen and oxygen atoms in total. The Hall–Kier alpha value is -2.19. The summed E-state index contributed by atoms with van der Waals surface area (Å²) in [5, 5.41) is 30.9. The van der Waals surface area contributed by atoms with Crippen LogP contribution in [0.25, 0.3) is 0 Å². The van der Waals surface area contributed by atoms with Gasteiger partial charge in [-0.3, -0.25) is 14.4 Å². The summed E-state index contributed by atoms with van der Waals surface area (Å²) in [5.41, 5.74) is -1.22. The van der Waals surface area contributed by atoms with E-state index in [2.05, 4.69) is 0 Å². The minimum atomic E-state index is -1.33. The van der Waals surface area contributed by atoms with Crippen molar-refractivity contribution in [3.63, 3.8) is 0 Å². The Morgan fingerprint density at radius 3 is 2.63 bits per heavy atom. The average molecular weight is 422 g/mol. The second-order valence-corrected chi connectivity index (χ2v) is 9.28. The summed E-state index contributed by atoms with van der Waals surface area (Å²) < 4.78 is 10.0. The number of carbonyl (C=O) groups is 3. The molecule has 0 radical (unpaired) electrons. The van der Waals surface area contributed by atoms with Gasteiger partial charge in [0.1, 0.15) is 6.10 Å². The highest BCUT2D eigenvalue weighted by Gasteiger charge is 2.64. The number of rotatable bonds is 6. The summed E-state index contributed by atoms with van der Waals surface area (Å²) in [6.07, 6.45) is 1.43. The van der Waals surface area contributed by atoms with Crippen molar-refractivity contribution in [2.75, 3.05) is 7.11 Å². The van der Waals surface area contributed by atoms with Crippen LogP contribution in [0.15, 0.2) is 23.0 Å². The molecule has 1 heterocycles. The van der Waals surface area contributed by atoms with E-state index in [1.807, 2.05) is 6.92 Å². The molecule has 1 unspecified atom stereocenters. The number of carboxylic acid groups (broad SMARTS) is 1. The third-order valence-electron chi connectivity index (χ3n) is 7.62.